The SMILES string of the molecule is Cc1ccc(S(=O)(=O)N(C)C)cc1NC(=S)N[C@@H](C)CCCC(C)C. The predicted molar refractivity (Wildman–Crippen MR) is 110 cm³/mol. The van der Waals surface area contributed by atoms with Crippen LogP contribution in [0.25, 0.3) is 0 Å². The standard InChI is InChI=1S/C18H31N3O2S2/c1-13(2)8-7-9-15(4)19-18(24)20-17-12-16(11-10-14(17)3)25(22,23)21(5)6/h10-13,15H,7-9H2,1-6H3,(H2,19,20,24)/t15-/m0/s1. The van der Waals surface area contributed by atoms with E-state index >= 15 is 0 Å². The van der Waals surface area contributed by atoms with Crippen molar-refractivity contribution in [3.05, 3.63) is 23.8 Å². The number of anilines is 1. The molecule has 0 saturated heterocycles. The van der Waals surface area contributed by atoms with Gasteiger partial charge < -0.3 is 10.6 Å². The van der Waals surface area contributed by atoms with E-state index in [0.717, 1.165) is 18.4 Å². The van der Waals surface area contributed by atoms with Gasteiger partial charge in [-0.25, -0.2) is 12.7 Å². The van der Waals surface area contributed by atoms with E-state index in [0.29, 0.717) is 16.7 Å². The second kappa shape index (κ2) is 9.50. The summed E-state index contributed by atoms with van der Waals surface area (Å²) in [5, 5.41) is 6.91. The van der Waals surface area contributed by atoms with E-state index in [1.807, 2.05) is 6.92 Å². The summed E-state index contributed by atoms with van der Waals surface area (Å²) in [6, 6.07) is 5.30. The van der Waals surface area contributed by atoms with Crippen LogP contribution in [0.4, 0.5) is 5.69 Å². The summed E-state index contributed by atoms with van der Waals surface area (Å²) in [6.45, 7) is 8.47. The van der Waals surface area contributed by atoms with Crippen molar-refractivity contribution in [2.24, 2.45) is 5.92 Å². The highest BCUT2D eigenvalue weighted by molar-refractivity contribution is 7.89. The Kier molecular flexibility index (Phi) is 8.31. The van der Waals surface area contributed by atoms with Gasteiger partial charge in [-0.2, -0.15) is 0 Å². The van der Waals surface area contributed by atoms with Crippen molar-refractivity contribution in [3.8, 4) is 0 Å². The highest BCUT2D eigenvalue weighted by Gasteiger charge is 2.18. The predicted octanol–water partition coefficient (Wildman–Crippen LogP) is 3.75. The molecular formula is C18H31N3O2S2. The summed E-state index contributed by atoms with van der Waals surface area (Å²) < 4.78 is 25.8. The molecule has 0 aliphatic rings. The van der Waals surface area contributed by atoms with Crippen molar-refractivity contribution >= 4 is 33.0 Å². The van der Waals surface area contributed by atoms with Gasteiger partial charge in [0.1, 0.15) is 0 Å². The number of sulfonamides is 1. The van der Waals surface area contributed by atoms with Crippen molar-refractivity contribution in [1.29, 1.82) is 0 Å². The molecule has 142 valence electrons. The summed E-state index contributed by atoms with van der Waals surface area (Å²) in [5.74, 6) is 0.710. The first-order chi connectivity index (χ1) is 11.5. The zero-order valence-electron chi connectivity index (χ0n) is 16.1. The molecule has 1 aromatic carbocycles. The van der Waals surface area contributed by atoms with Crippen LogP contribution in [0.1, 0.15) is 45.6 Å². The molecule has 0 fully saturated rings. The molecule has 5 nitrogen and oxygen atoms in total. The lowest BCUT2D eigenvalue weighted by Gasteiger charge is -2.19. The second-order valence-electron chi connectivity index (χ2n) is 7.09. The third-order valence-electron chi connectivity index (χ3n) is 4.03. The van der Waals surface area contributed by atoms with Crippen LogP contribution in [0.5, 0.6) is 0 Å². The van der Waals surface area contributed by atoms with E-state index in [1.54, 1.807) is 18.2 Å². The van der Waals surface area contributed by atoms with Crippen molar-refractivity contribution in [1.82, 2.24) is 9.62 Å². The Morgan fingerprint density at radius 1 is 1.20 bits per heavy atom. The second-order valence-corrected chi connectivity index (χ2v) is 9.65. The van der Waals surface area contributed by atoms with Crippen LogP contribution in [0.15, 0.2) is 23.1 Å². The van der Waals surface area contributed by atoms with E-state index in [2.05, 4.69) is 31.4 Å². The van der Waals surface area contributed by atoms with E-state index in [9.17, 15) is 8.42 Å². The zero-order chi connectivity index (χ0) is 19.2. The van der Waals surface area contributed by atoms with Crippen LogP contribution in [-0.4, -0.2) is 38.0 Å². The Morgan fingerprint density at radius 2 is 1.84 bits per heavy atom. The number of thiocarbonyl (C=S) groups is 1. The minimum atomic E-state index is -3.47. The number of hydrogen-bond acceptors (Lipinski definition) is 3. The van der Waals surface area contributed by atoms with Gasteiger partial charge in [0, 0.05) is 25.8 Å². The summed E-state index contributed by atoms with van der Waals surface area (Å²) in [4.78, 5) is 0.249. The molecule has 25 heavy (non-hydrogen) atoms. The number of rotatable bonds is 8. The van der Waals surface area contributed by atoms with Gasteiger partial charge >= 0.3 is 0 Å². The fraction of sp³-hybridized carbons (Fsp3) is 0.611. The molecule has 0 amide bonds. The summed E-state index contributed by atoms with van der Waals surface area (Å²) >= 11 is 5.38. The van der Waals surface area contributed by atoms with Gasteiger partial charge in [-0.1, -0.05) is 32.8 Å². The molecular weight excluding hydrogens is 354 g/mol. The van der Waals surface area contributed by atoms with Crippen LogP contribution in [0, 0.1) is 12.8 Å². The molecule has 1 aromatic rings. The maximum Gasteiger partial charge on any atom is 0.242 e. The van der Waals surface area contributed by atoms with Crippen LogP contribution < -0.4 is 10.6 Å². The normalized spacial score (nSPS) is 13.1. The van der Waals surface area contributed by atoms with Gasteiger partial charge in [0.25, 0.3) is 0 Å². The Labute approximate surface area is 158 Å². The van der Waals surface area contributed by atoms with Crippen molar-refractivity contribution in [2.75, 3.05) is 19.4 Å². The molecule has 0 bridgehead atoms. The third kappa shape index (κ3) is 6.92. The lowest BCUT2D eigenvalue weighted by Crippen LogP contribution is -2.36. The quantitative estimate of drug-likeness (QED) is 0.668. The van der Waals surface area contributed by atoms with E-state index in [-0.39, 0.29) is 10.9 Å². The van der Waals surface area contributed by atoms with Crippen LogP contribution >= 0.6 is 12.2 Å². The van der Waals surface area contributed by atoms with Crippen LogP contribution in [0.3, 0.4) is 0 Å². The molecule has 0 saturated carbocycles. The molecule has 0 aliphatic carbocycles. The van der Waals surface area contributed by atoms with E-state index in [4.69, 9.17) is 12.2 Å². The minimum absolute atomic E-state index is 0.249. The lowest BCUT2D eigenvalue weighted by molar-refractivity contribution is 0.495. The Morgan fingerprint density at radius 3 is 2.40 bits per heavy atom. The lowest BCUT2D eigenvalue weighted by atomic mass is 10.0. The molecule has 0 unspecified atom stereocenters. The van der Waals surface area contributed by atoms with Gasteiger partial charge in [0.05, 0.1) is 4.90 Å². The first-order valence-electron chi connectivity index (χ1n) is 8.64. The zero-order valence-corrected chi connectivity index (χ0v) is 17.7. The van der Waals surface area contributed by atoms with Gasteiger partial charge in [-0.05, 0) is 56.1 Å². The van der Waals surface area contributed by atoms with E-state index in [1.165, 1.54) is 24.8 Å². The highest BCUT2D eigenvalue weighted by Crippen LogP contribution is 2.22. The third-order valence-corrected chi connectivity index (χ3v) is 6.06. The van der Waals surface area contributed by atoms with Gasteiger partial charge in [-0.15, -0.1) is 0 Å². The smallest absolute Gasteiger partial charge is 0.242 e. The summed E-state index contributed by atoms with van der Waals surface area (Å²) in [7, 11) is -0.423. The van der Waals surface area contributed by atoms with Crippen molar-refractivity contribution in [3.63, 3.8) is 0 Å². The first-order valence-corrected chi connectivity index (χ1v) is 10.5. The number of aryl methyl sites for hydroxylation is 1. The number of nitrogens with zero attached hydrogens (tertiary/aromatic N) is 1. The minimum Gasteiger partial charge on any atom is -0.360 e. The molecule has 0 radical (unpaired) electrons. The average Bonchev–Trinajstić information content (AvgIpc) is 2.48. The topological polar surface area (TPSA) is 61.4 Å². The van der Waals surface area contributed by atoms with Crippen molar-refractivity contribution < 1.29 is 8.42 Å². The number of hydrogen-bond donors (Lipinski definition) is 2. The fourth-order valence-corrected chi connectivity index (χ4v) is 3.63. The number of nitrogens with one attached hydrogen (secondary N) is 2. The average molecular weight is 386 g/mol. The molecule has 1 rings (SSSR count). The number of benzene rings is 1. The largest absolute Gasteiger partial charge is 0.360 e. The molecule has 0 heterocycles. The Balaban J connectivity index is 2.74. The fourth-order valence-electron chi connectivity index (χ4n) is 2.39. The van der Waals surface area contributed by atoms with Gasteiger partial charge in [0.15, 0.2) is 5.11 Å². The highest BCUT2D eigenvalue weighted by atomic mass is 32.2. The molecule has 0 spiro atoms. The summed E-state index contributed by atoms with van der Waals surface area (Å²) in [6.07, 6.45) is 3.41. The van der Waals surface area contributed by atoms with Gasteiger partial charge in [-0.3, -0.25) is 0 Å². The van der Waals surface area contributed by atoms with E-state index < -0.39 is 10.0 Å². The molecule has 1 atom stereocenters. The Bertz CT molecular complexity index is 686. The van der Waals surface area contributed by atoms with Crippen LogP contribution in [0.2, 0.25) is 0 Å². The first kappa shape index (κ1) is 21.9. The van der Waals surface area contributed by atoms with Gasteiger partial charge in [0.2, 0.25) is 10.0 Å². The maximum atomic E-state index is 12.3. The molecule has 0 aromatic heterocycles. The maximum absolute atomic E-state index is 12.3. The monoisotopic (exact) mass is 385 g/mol. The van der Waals surface area contributed by atoms with Crippen LogP contribution in [-0.2, 0) is 10.0 Å². The summed E-state index contributed by atoms with van der Waals surface area (Å²) in [5.41, 5.74) is 1.64. The van der Waals surface area contributed by atoms with Crippen molar-refractivity contribution in [2.45, 2.75) is 57.9 Å². The molecule has 0 aliphatic heterocycles. The molecule has 7 heteroatoms. The molecule has 2 N–H and O–H groups in total. The Hall–Kier alpha value is -1.18.